The van der Waals surface area contributed by atoms with E-state index < -0.39 is 0 Å². The topological polar surface area (TPSA) is 81.8 Å². The van der Waals surface area contributed by atoms with Gasteiger partial charge in [-0.15, -0.1) is 0 Å². The number of amides is 1. The summed E-state index contributed by atoms with van der Waals surface area (Å²) in [5, 5.41) is 12.2. The van der Waals surface area contributed by atoms with Crippen LogP contribution >= 0.6 is 0 Å². The summed E-state index contributed by atoms with van der Waals surface area (Å²) in [5.41, 5.74) is 4.93. The Morgan fingerprint density at radius 2 is 1.77 bits per heavy atom. The van der Waals surface area contributed by atoms with Gasteiger partial charge in [-0.2, -0.15) is 10.2 Å². The van der Waals surface area contributed by atoms with Crippen molar-refractivity contribution in [1.82, 2.24) is 19.6 Å². The van der Waals surface area contributed by atoms with Crippen molar-refractivity contribution >= 4 is 17.5 Å². The molecule has 3 aromatic rings. The van der Waals surface area contributed by atoms with Crippen molar-refractivity contribution in [2.24, 2.45) is 0 Å². The van der Waals surface area contributed by atoms with Crippen LogP contribution in [0.2, 0.25) is 0 Å². The lowest BCUT2D eigenvalue weighted by molar-refractivity contribution is -0.116. The first kappa shape index (κ1) is 21.5. The van der Waals surface area contributed by atoms with Gasteiger partial charge in [0.25, 0.3) is 0 Å². The maximum absolute atomic E-state index is 12.9. The fourth-order valence-electron chi connectivity index (χ4n) is 3.92. The number of aryl methyl sites for hydroxylation is 2. The van der Waals surface area contributed by atoms with E-state index in [2.05, 4.69) is 15.5 Å². The second kappa shape index (κ2) is 8.65. The van der Waals surface area contributed by atoms with Crippen molar-refractivity contribution < 1.29 is 9.59 Å². The van der Waals surface area contributed by atoms with Crippen molar-refractivity contribution in [2.45, 2.75) is 60.4 Å². The van der Waals surface area contributed by atoms with Gasteiger partial charge in [0.1, 0.15) is 5.82 Å². The average molecular weight is 408 g/mol. The maximum Gasteiger partial charge on any atom is 0.227 e. The number of anilines is 1. The third-order valence-corrected chi connectivity index (χ3v) is 5.39. The zero-order valence-electron chi connectivity index (χ0n) is 18.5. The third-order valence-electron chi connectivity index (χ3n) is 5.39. The highest BCUT2D eigenvalue weighted by molar-refractivity contribution is 5.96. The molecule has 7 heteroatoms. The highest BCUT2D eigenvalue weighted by Gasteiger charge is 2.22. The van der Waals surface area contributed by atoms with Crippen LogP contribution in [-0.4, -0.2) is 31.3 Å². The second-order valence-electron chi connectivity index (χ2n) is 7.67. The molecule has 1 aromatic carbocycles. The number of benzene rings is 1. The molecule has 2 aromatic heterocycles. The van der Waals surface area contributed by atoms with Crippen LogP contribution in [-0.2, 0) is 11.2 Å². The molecule has 3 rings (SSSR count). The van der Waals surface area contributed by atoms with Gasteiger partial charge in [0.05, 0.1) is 28.7 Å². The van der Waals surface area contributed by atoms with E-state index in [4.69, 9.17) is 0 Å². The summed E-state index contributed by atoms with van der Waals surface area (Å²) in [5.74, 6) is 0.553. The number of carbonyl (C=O) groups is 2. The van der Waals surface area contributed by atoms with E-state index in [0.717, 1.165) is 29.1 Å². The lowest BCUT2D eigenvalue weighted by atomic mass is 10.1. The number of nitrogens with one attached hydrogen (secondary N) is 1. The first-order valence-electron chi connectivity index (χ1n) is 10.2. The summed E-state index contributed by atoms with van der Waals surface area (Å²) < 4.78 is 3.55. The predicted octanol–water partition coefficient (Wildman–Crippen LogP) is 4.35. The summed E-state index contributed by atoms with van der Waals surface area (Å²) in [6.07, 6.45) is 1.02. The zero-order valence-corrected chi connectivity index (χ0v) is 18.5. The Morgan fingerprint density at radius 1 is 1.10 bits per heavy atom. The van der Waals surface area contributed by atoms with Crippen LogP contribution in [0.3, 0.4) is 0 Å². The second-order valence-corrected chi connectivity index (χ2v) is 7.67. The molecule has 0 aliphatic heterocycles. The number of para-hydroxylation sites is 1. The smallest absolute Gasteiger partial charge is 0.227 e. The summed E-state index contributed by atoms with van der Waals surface area (Å²) in [4.78, 5) is 24.8. The number of carbonyl (C=O) groups excluding carboxylic acids is 2. The van der Waals surface area contributed by atoms with Crippen LogP contribution in [0.4, 0.5) is 5.82 Å². The Balaban J connectivity index is 1.84. The van der Waals surface area contributed by atoms with Crippen LogP contribution in [0.1, 0.15) is 66.2 Å². The molecule has 0 aliphatic carbocycles. The molecule has 2 heterocycles. The molecule has 158 valence electrons. The molecule has 0 aliphatic rings. The minimum atomic E-state index is -0.184. The van der Waals surface area contributed by atoms with Crippen LogP contribution in [0.25, 0.3) is 5.69 Å². The van der Waals surface area contributed by atoms with E-state index in [1.54, 1.807) is 9.36 Å². The number of hydrogen-bond acceptors (Lipinski definition) is 4. The number of nitrogens with zero attached hydrogens (tertiary/aromatic N) is 4. The molecule has 1 amide bonds. The zero-order chi connectivity index (χ0) is 22.0. The van der Waals surface area contributed by atoms with E-state index in [0.29, 0.717) is 17.1 Å². The summed E-state index contributed by atoms with van der Waals surface area (Å²) in [7, 11) is 0. The fraction of sp³-hybridized carbons (Fsp3) is 0.391. The van der Waals surface area contributed by atoms with Crippen LogP contribution in [0.5, 0.6) is 0 Å². The van der Waals surface area contributed by atoms with Crippen molar-refractivity contribution in [2.75, 3.05) is 5.32 Å². The molecule has 0 bridgehead atoms. The van der Waals surface area contributed by atoms with Gasteiger partial charge in [-0.3, -0.25) is 14.3 Å². The van der Waals surface area contributed by atoms with Crippen LogP contribution in [0.15, 0.2) is 30.3 Å². The molecular weight excluding hydrogens is 378 g/mol. The van der Waals surface area contributed by atoms with Gasteiger partial charge in [0.15, 0.2) is 5.78 Å². The Labute approximate surface area is 177 Å². The first-order valence-corrected chi connectivity index (χ1v) is 10.2. The molecule has 0 fully saturated rings. The number of rotatable bonds is 7. The predicted molar refractivity (Wildman–Crippen MR) is 117 cm³/mol. The van der Waals surface area contributed by atoms with Gasteiger partial charge >= 0.3 is 0 Å². The third kappa shape index (κ3) is 4.06. The lowest BCUT2D eigenvalue weighted by Crippen LogP contribution is -2.21. The highest BCUT2D eigenvalue weighted by Crippen LogP contribution is 2.25. The van der Waals surface area contributed by atoms with Gasteiger partial charge in [-0.25, -0.2) is 4.68 Å². The number of aromatic nitrogens is 4. The standard InChI is InChI=1S/C23H29N5O2/c1-7-20-15(3)23(28(26-20)19-11-9-8-10-12-19)24-21(30)13-14(2)27-17(5)22(18(6)29)16(4)25-27/h8-12,14H,7,13H2,1-6H3,(H,24,30)/t14-/m0/s1. The molecule has 1 N–H and O–H groups in total. The van der Waals surface area contributed by atoms with E-state index in [9.17, 15) is 9.59 Å². The number of Topliss-reactive ketones (excluding diaryl/α,β-unsaturated/α-hetero) is 1. The quantitative estimate of drug-likeness (QED) is 0.591. The normalized spacial score (nSPS) is 12.1. The average Bonchev–Trinajstić information content (AvgIpc) is 3.18. The summed E-state index contributed by atoms with van der Waals surface area (Å²) >= 11 is 0. The van der Waals surface area contributed by atoms with Crippen molar-refractivity contribution in [3.05, 3.63) is 58.5 Å². The first-order chi connectivity index (χ1) is 14.2. The summed E-state index contributed by atoms with van der Waals surface area (Å²) in [6.45, 7) is 11.2. The Kier molecular flexibility index (Phi) is 6.20. The van der Waals surface area contributed by atoms with Gasteiger partial charge in [0.2, 0.25) is 5.91 Å². The van der Waals surface area contributed by atoms with Crippen LogP contribution in [0, 0.1) is 20.8 Å². The van der Waals surface area contributed by atoms with Crippen molar-refractivity contribution in [1.29, 1.82) is 0 Å². The number of ketones is 1. The minimum Gasteiger partial charge on any atom is -0.310 e. The highest BCUT2D eigenvalue weighted by atomic mass is 16.1. The molecule has 0 unspecified atom stereocenters. The molecule has 30 heavy (non-hydrogen) atoms. The molecule has 0 saturated carbocycles. The monoisotopic (exact) mass is 407 g/mol. The molecular formula is C23H29N5O2. The van der Waals surface area contributed by atoms with E-state index in [-0.39, 0.29) is 24.2 Å². The Hall–Kier alpha value is -3.22. The van der Waals surface area contributed by atoms with Gasteiger partial charge in [0, 0.05) is 17.7 Å². The molecule has 1 atom stereocenters. The molecule has 0 radical (unpaired) electrons. The maximum atomic E-state index is 12.9. The SMILES string of the molecule is CCc1nn(-c2ccccc2)c(NC(=O)C[C@H](C)n2nc(C)c(C(C)=O)c2C)c1C. The Bertz CT molecular complexity index is 1080. The largest absolute Gasteiger partial charge is 0.310 e. The molecule has 0 spiro atoms. The molecule has 7 nitrogen and oxygen atoms in total. The van der Waals surface area contributed by atoms with E-state index in [1.165, 1.54) is 6.92 Å². The molecule has 0 saturated heterocycles. The minimum absolute atomic E-state index is 0.0117. The van der Waals surface area contributed by atoms with E-state index >= 15 is 0 Å². The summed E-state index contributed by atoms with van der Waals surface area (Å²) in [6, 6.07) is 9.58. The van der Waals surface area contributed by atoms with E-state index in [1.807, 2.05) is 65.0 Å². The van der Waals surface area contributed by atoms with Gasteiger partial charge < -0.3 is 5.32 Å². The van der Waals surface area contributed by atoms with Crippen molar-refractivity contribution in [3.63, 3.8) is 0 Å². The van der Waals surface area contributed by atoms with Gasteiger partial charge in [-0.1, -0.05) is 25.1 Å². The number of hydrogen-bond donors (Lipinski definition) is 1. The van der Waals surface area contributed by atoms with Crippen molar-refractivity contribution in [3.8, 4) is 5.69 Å². The Morgan fingerprint density at radius 3 is 2.33 bits per heavy atom. The van der Waals surface area contributed by atoms with Gasteiger partial charge in [-0.05, 0) is 53.2 Å². The fourth-order valence-corrected chi connectivity index (χ4v) is 3.92. The van der Waals surface area contributed by atoms with Crippen LogP contribution < -0.4 is 5.32 Å². The lowest BCUT2D eigenvalue weighted by Gasteiger charge is -2.15.